The van der Waals surface area contributed by atoms with Crippen molar-refractivity contribution in [1.29, 1.82) is 0 Å². The van der Waals surface area contributed by atoms with Gasteiger partial charge in [-0.3, -0.25) is 4.79 Å². The van der Waals surface area contributed by atoms with Crippen molar-refractivity contribution in [3.8, 4) is 12.3 Å². The lowest BCUT2D eigenvalue weighted by Crippen LogP contribution is -2.41. The highest BCUT2D eigenvalue weighted by Crippen LogP contribution is 2.32. The molecular weight excluding hydrogens is 212 g/mol. The van der Waals surface area contributed by atoms with Crippen molar-refractivity contribution in [3.05, 3.63) is 0 Å². The lowest BCUT2D eigenvalue weighted by molar-refractivity contribution is -0.146. The Balaban J connectivity index is 2.61. The van der Waals surface area contributed by atoms with Crippen molar-refractivity contribution in [2.45, 2.75) is 70.3 Å². The molecule has 0 N–H and O–H groups in total. The number of terminal acetylenes is 1. The van der Waals surface area contributed by atoms with E-state index in [-0.39, 0.29) is 5.78 Å². The summed E-state index contributed by atoms with van der Waals surface area (Å²) >= 11 is 0. The molecule has 0 spiro atoms. The Morgan fingerprint density at radius 3 is 2.47 bits per heavy atom. The van der Waals surface area contributed by atoms with Crippen LogP contribution in [0.15, 0.2) is 0 Å². The van der Waals surface area contributed by atoms with Gasteiger partial charge in [0.25, 0.3) is 0 Å². The maximum Gasteiger partial charge on any atom is 0.164 e. The summed E-state index contributed by atoms with van der Waals surface area (Å²) in [6.45, 7) is 2.60. The van der Waals surface area contributed by atoms with Gasteiger partial charge in [-0.25, -0.2) is 0 Å². The van der Waals surface area contributed by atoms with Crippen LogP contribution in [-0.4, -0.2) is 18.0 Å². The van der Waals surface area contributed by atoms with Gasteiger partial charge in [0, 0.05) is 19.4 Å². The van der Waals surface area contributed by atoms with Crippen molar-refractivity contribution in [3.63, 3.8) is 0 Å². The first-order chi connectivity index (χ1) is 8.25. The molecule has 0 bridgehead atoms. The van der Waals surface area contributed by atoms with Crippen molar-refractivity contribution < 1.29 is 9.53 Å². The Morgan fingerprint density at radius 1 is 1.29 bits per heavy atom. The minimum atomic E-state index is -0.486. The van der Waals surface area contributed by atoms with E-state index in [1.165, 1.54) is 12.8 Å². The minimum Gasteiger partial charge on any atom is -0.368 e. The van der Waals surface area contributed by atoms with Crippen LogP contribution in [0.4, 0.5) is 0 Å². The standard InChI is InChI=1S/C15H24O2/c1-3-5-8-11-14(16)15(17-4-2)12-9-6-7-10-13-15/h1H,4-13H2,2H3. The summed E-state index contributed by atoms with van der Waals surface area (Å²) in [4.78, 5) is 12.3. The van der Waals surface area contributed by atoms with Crippen LogP contribution in [-0.2, 0) is 9.53 Å². The maximum absolute atomic E-state index is 12.3. The summed E-state index contributed by atoms with van der Waals surface area (Å²) in [7, 11) is 0. The zero-order valence-electron chi connectivity index (χ0n) is 11.0. The van der Waals surface area contributed by atoms with Gasteiger partial charge in [-0.05, 0) is 26.2 Å². The highest BCUT2D eigenvalue weighted by Gasteiger charge is 2.38. The number of ether oxygens (including phenoxy) is 1. The third-order valence-corrected chi connectivity index (χ3v) is 3.56. The summed E-state index contributed by atoms with van der Waals surface area (Å²) < 4.78 is 5.84. The van der Waals surface area contributed by atoms with Crippen LogP contribution >= 0.6 is 0 Å². The van der Waals surface area contributed by atoms with Crippen molar-refractivity contribution in [2.24, 2.45) is 0 Å². The molecule has 1 aliphatic carbocycles. The summed E-state index contributed by atoms with van der Waals surface area (Å²) in [6.07, 6.45) is 13.8. The molecule has 96 valence electrons. The molecule has 1 rings (SSSR count). The second-order valence-corrected chi connectivity index (χ2v) is 4.82. The summed E-state index contributed by atoms with van der Waals surface area (Å²) in [5.41, 5.74) is -0.486. The summed E-state index contributed by atoms with van der Waals surface area (Å²) in [6, 6.07) is 0. The van der Waals surface area contributed by atoms with Crippen LogP contribution in [0.1, 0.15) is 64.7 Å². The first kappa shape index (κ1) is 14.3. The Morgan fingerprint density at radius 2 is 1.94 bits per heavy atom. The summed E-state index contributed by atoms with van der Waals surface area (Å²) in [5.74, 6) is 2.86. The van der Waals surface area contributed by atoms with Gasteiger partial charge in [0.15, 0.2) is 5.78 Å². The van der Waals surface area contributed by atoms with E-state index in [4.69, 9.17) is 11.2 Å². The Hall–Kier alpha value is -0.810. The highest BCUT2D eigenvalue weighted by atomic mass is 16.5. The fourth-order valence-electron chi connectivity index (χ4n) is 2.66. The van der Waals surface area contributed by atoms with Crippen molar-refractivity contribution in [2.75, 3.05) is 6.61 Å². The van der Waals surface area contributed by atoms with Crippen molar-refractivity contribution >= 4 is 5.78 Å². The van der Waals surface area contributed by atoms with E-state index in [9.17, 15) is 4.79 Å². The van der Waals surface area contributed by atoms with E-state index < -0.39 is 5.60 Å². The van der Waals surface area contributed by atoms with Crippen LogP contribution in [0, 0.1) is 12.3 Å². The number of unbranched alkanes of at least 4 members (excludes halogenated alkanes) is 1. The van der Waals surface area contributed by atoms with Gasteiger partial charge < -0.3 is 4.74 Å². The molecule has 1 aliphatic rings. The molecule has 0 aromatic rings. The minimum absolute atomic E-state index is 0.275. The number of hydrogen-bond acceptors (Lipinski definition) is 2. The number of hydrogen-bond donors (Lipinski definition) is 0. The third-order valence-electron chi connectivity index (χ3n) is 3.56. The fourth-order valence-corrected chi connectivity index (χ4v) is 2.66. The molecule has 0 aliphatic heterocycles. The van der Waals surface area contributed by atoms with Crippen LogP contribution < -0.4 is 0 Å². The van der Waals surface area contributed by atoms with Gasteiger partial charge in [0.2, 0.25) is 0 Å². The molecular formula is C15H24O2. The lowest BCUT2D eigenvalue weighted by Gasteiger charge is -2.31. The first-order valence-electron chi connectivity index (χ1n) is 6.86. The number of carbonyl (C=O) groups excluding carboxylic acids is 1. The van der Waals surface area contributed by atoms with Gasteiger partial charge >= 0.3 is 0 Å². The molecule has 0 atom stereocenters. The molecule has 0 amide bonds. The molecule has 2 nitrogen and oxygen atoms in total. The molecule has 17 heavy (non-hydrogen) atoms. The normalized spacial score (nSPS) is 19.3. The molecule has 0 radical (unpaired) electrons. The van der Waals surface area contributed by atoms with E-state index in [0.717, 1.165) is 32.1 Å². The number of ketones is 1. The second-order valence-electron chi connectivity index (χ2n) is 4.82. The topological polar surface area (TPSA) is 26.3 Å². The molecule has 1 saturated carbocycles. The lowest BCUT2D eigenvalue weighted by atomic mass is 9.87. The average molecular weight is 236 g/mol. The molecule has 2 heteroatoms. The third kappa shape index (κ3) is 4.16. The Bertz CT molecular complexity index is 267. The number of carbonyl (C=O) groups is 1. The number of rotatable bonds is 6. The van der Waals surface area contributed by atoms with Crippen molar-refractivity contribution in [1.82, 2.24) is 0 Å². The maximum atomic E-state index is 12.3. The number of Topliss-reactive ketones (excluding diaryl/α,β-unsaturated/α-hetero) is 1. The van der Waals surface area contributed by atoms with Crippen LogP contribution in [0.3, 0.4) is 0 Å². The van der Waals surface area contributed by atoms with E-state index in [1.807, 2.05) is 6.92 Å². The van der Waals surface area contributed by atoms with Gasteiger partial charge in [-0.15, -0.1) is 12.3 Å². The SMILES string of the molecule is C#CCCCC(=O)C1(OCC)CCCCCC1. The Kier molecular flexibility index (Phi) is 6.29. The molecule has 0 unspecified atom stereocenters. The highest BCUT2D eigenvalue weighted by molar-refractivity contribution is 5.87. The molecule has 0 aromatic carbocycles. The van der Waals surface area contributed by atoms with Gasteiger partial charge in [-0.2, -0.15) is 0 Å². The quantitative estimate of drug-likeness (QED) is 0.401. The largest absolute Gasteiger partial charge is 0.368 e. The molecule has 0 aromatic heterocycles. The van der Waals surface area contributed by atoms with Gasteiger partial charge in [-0.1, -0.05) is 25.7 Å². The monoisotopic (exact) mass is 236 g/mol. The first-order valence-corrected chi connectivity index (χ1v) is 6.86. The zero-order chi connectivity index (χ0) is 12.6. The van der Waals surface area contributed by atoms with E-state index >= 15 is 0 Å². The predicted octanol–water partition coefficient (Wildman–Crippen LogP) is 3.49. The van der Waals surface area contributed by atoms with E-state index in [0.29, 0.717) is 19.4 Å². The predicted molar refractivity (Wildman–Crippen MR) is 69.8 cm³/mol. The second kappa shape index (κ2) is 7.50. The van der Waals surface area contributed by atoms with Crippen LogP contribution in [0.5, 0.6) is 0 Å². The van der Waals surface area contributed by atoms with Gasteiger partial charge in [0.05, 0.1) is 0 Å². The average Bonchev–Trinajstić information content (AvgIpc) is 2.56. The fraction of sp³-hybridized carbons (Fsp3) is 0.800. The van der Waals surface area contributed by atoms with E-state index in [1.54, 1.807) is 0 Å². The molecule has 1 fully saturated rings. The molecule has 0 heterocycles. The Labute approximate surface area is 105 Å². The smallest absolute Gasteiger partial charge is 0.164 e. The van der Waals surface area contributed by atoms with Crippen LogP contribution in [0.25, 0.3) is 0 Å². The van der Waals surface area contributed by atoms with E-state index in [2.05, 4.69) is 5.92 Å². The van der Waals surface area contributed by atoms with Gasteiger partial charge in [0.1, 0.15) is 5.60 Å². The summed E-state index contributed by atoms with van der Waals surface area (Å²) in [5, 5.41) is 0. The molecule has 0 saturated heterocycles. The van der Waals surface area contributed by atoms with Crippen LogP contribution in [0.2, 0.25) is 0 Å². The zero-order valence-corrected chi connectivity index (χ0v) is 11.0.